The van der Waals surface area contributed by atoms with Crippen LogP contribution >= 0.6 is 11.6 Å². The smallest absolute Gasteiger partial charge is 0.119 e. The summed E-state index contributed by atoms with van der Waals surface area (Å²) in [6.45, 7) is 5.97. The van der Waals surface area contributed by atoms with Gasteiger partial charge in [0.05, 0.1) is 12.8 Å². The van der Waals surface area contributed by atoms with Gasteiger partial charge in [0.1, 0.15) is 24.2 Å². The molecule has 1 heterocycles. The first-order valence-corrected chi connectivity index (χ1v) is 9.75. The van der Waals surface area contributed by atoms with Gasteiger partial charge in [-0.25, -0.2) is 0 Å². The summed E-state index contributed by atoms with van der Waals surface area (Å²) < 4.78 is 11.3. The molecular weight excluding hydrogens is 374 g/mol. The molecule has 0 bridgehead atoms. The SMILES string of the molecule is Cc1ccc(OCC(O)CN(Cc2ccco2)Cc2ccccc2Cl)cc1C. The van der Waals surface area contributed by atoms with Crippen LogP contribution < -0.4 is 4.74 Å². The molecule has 0 spiro atoms. The summed E-state index contributed by atoms with van der Waals surface area (Å²) in [6, 6.07) is 17.5. The van der Waals surface area contributed by atoms with Crippen molar-refractivity contribution in [3.05, 3.63) is 88.3 Å². The summed E-state index contributed by atoms with van der Waals surface area (Å²) in [5, 5.41) is 11.3. The Bertz CT molecular complexity index is 879. The number of halogens is 1. The second-order valence-electron chi connectivity index (χ2n) is 7.05. The normalized spacial score (nSPS) is 12.3. The Morgan fingerprint density at radius 2 is 1.86 bits per heavy atom. The molecule has 0 saturated carbocycles. The van der Waals surface area contributed by atoms with E-state index in [0.717, 1.165) is 17.1 Å². The van der Waals surface area contributed by atoms with E-state index in [1.807, 2.05) is 61.5 Å². The maximum absolute atomic E-state index is 10.6. The molecule has 4 nitrogen and oxygen atoms in total. The van der Waals surface area contributed by atoms with Crippen LogP contribution in [0.1, 0.15) is 22.5 Å². The minimum Gasteiger partial charge on any atom is -0.491 e. The van der Waals surface area contributed by atoms with Gasteiger partial charge in [0.2, 0.25) is 0 Å². The first-order valence-electron chi connectivity index (χ1n) is 9.37. The first-order chi connectivity index (χ1) is 13.5. The largest absolute Gasteiger partial charge is 0.491 e. The predicted molar refractivity (Wildman–Crippen MR) is 112 cm³/mol. The van der Waals surface area contributed by atoms with Crippen LogP contribution in [0.15, 0.2) is 65.3 Å². The van der Waals surface area contributed by atoms with Gasteiger partial charge >= 0.3 is 0 Å². The Balaban J connectivity index is 1.62. The number of aliphatic hydroxyl groups excluding tert-OH is 1. The van der Waals surface area contributed by atoms with Crippen LogP contribution in [-0.2, 0) is 13.1 Å². The fourth-order valence-corrected chi connectivity index (χ4v) is 3.22. The van der Waals surface area contributed by atoms with E-state index in [1.54, 1.807) is 6.26 Å². The molecule has 0 amide bonds. The predicted octanol–water partition coefficient (Wildman–Crippen LogP) is 4.99. The monoisotopic (exact) mass is 399 g/mol. The van der Waals surface area contributed by atoms with E-state index in [4.69, 9.17) is 20.8 Å². The van der Waals surface area contributed by atoms with Gasteiger partial charge in [-0.15, -0.1) is 0 Å². The Kier molecular flexibility index (Phi) is 7.15. The molecule has 0 aliphatic rings. The van der Waals surface area contributed by atoms with E-state index in [9.17, 15) is 5.11 Å². The number of aliphatic hydroxyl groups is 1. The first kappa shape index (κ1) is 20.5. The van der Waals surface area contributed by atoms with Crippen molar-refractivity contribution in [3.8, 4) is 5.75 Å². The maximum atomic E-state index is 10.6. The highest BCUT2D eigenvalue weighted by molar-refractivity contribution is 6.31. The van der Waals surface area contributed by atoms with E-state index in [0.29, 0.717) is 24.7 Å². The van der Waals surface area contributed by atoms with E-state index < -0.39 is 6.10 Å². The lowest BCUT2D eigenvalue weighted by Gasteiger charge is -2.25. The van der Waals surface area contributed by atoms with E-state index >= 15 is 0 Å². The van der Waals surface area contributed by atoms with Gasteiger partial charge in [-0.1, -0.05) is 35.9 Å². The molecule has 0 radical (unpaired) electrons. The van der Waals surface area contributed by atoms with E-state index in [1.165, 1.54) is 11.1 Å². The number of hydrogen-bond donors (Lipinski definition) is 1. The summed E-state index contributed by atoms with van der Waals surface area (Å²) >= 11 is 6.32. The number of benzene rings is 2. The molecule has 0 aliphatic heterocycles. The van der Waals surface area contributed by atoms with Crippen LogP contribution in [0.25, 0.3) is 0 Å². The lowest BCUT2D eigenvalue weighted by Crippen LogP contribution is -2.35. The average Bonchev–Trinajstić information content (AvgIpc) is 3.17. The van der Waals surface area contributed by atoms with Crippen molar-refractivity contribution in [1.82, 2.24) is 4.90 Å². The molecule has 0 saturated heterocycles. The van der Waals surface area contributed by atoms with Crippen LogP contribution in [-0.4, -0.2) is 29.3 Å². The third-order valence-corrected chi connectivity index (χ3v) is 5.07. The zero-order valence-electron chi connectivity index (χ0n) is 16.3. The second-order valence-corrected chi connectivity index (χ2v) is 7.46. The molecule has 0 fully saturated rings. The maximum Gasteiger partial charge on any atom is 0.119 e. The minimum atomic E-state index is -0.640. The van der Waals surface area contributed by atoms with Crippen molar-refractivity contribution >= 4 is 11.6 Å². The quantitative estimate of drug-likeness (QED) is 0.550. The third kappa shape index (κ3) is 5.86. The molecule has 1 unspecified atom stereocenters. The summed E-state index contributed by atoms with van der Waals surface area (Å²) in [7, 11) is 0. The molecule has 5 heteroatoms. The van der Waals surface area contributed by atoms with E-state index in [-0.39, 0.29) is 6.61 Å². The van der Waals surface area contributed by atoms with Crippen LogP contribution in [0, 0.1) is 13.8 Å². The third-order valence-electron chi connectivity index (χ3n) is 4.70. The van der Waals surface area contributed by atoms with Crippen LogP contribution in [0.2, 0.25) is 5.02 Å². The molecule has 148 valence electrons. The van der Waals surface area contributed by atoms with Crippen molar-refractivity contribution in [3.63, 3.8) is 0 Å². The zero-order chi connectivity index (χ0) is 19.9. The van der Waals surface area contributed by atoms with Crippen LogP contribution in [0.5, 0.6) is 5.75 Å². The molecule has 1 aromatic heterocycles. The van der Waals surface area contributed by atoms with Crippen LogP contribution in [0.3, 0.4) is 0 Å². The number of furan rings is 1. The molecule has 28 heavy (non-hydrogen) atoms. The molecule has 3 rings (SSSR count). The minimum absolute atomic E-state index is 0.222. The number of nitrogens with zero attached hydrogens (tertiary/aromatic N) is 1. The van der Waals surface area contributed by atoms with Crippen molar-refractivity contribution in [1.29, 1.82) is 0 Å². The van der Waals surface area contributed by atoms with Gasteiger partial charge in [-0.05, 0) is 60.9 Å². The average molecular weight is 400 g/mol. The van der Waals surface area contributed by atoms with Gasteiger partial charge in [-0.3, -0.25) is 4.90 Å². The van der Waals surface area contributed by atoms with Gasteiger partial charge < -0.3 is 14.3 Å². The van der Waals surface area contributed by atoms with Crippen molar-refractivity contribution in [2.24, 2.45) is 0 Å². The van der Waals surface area contributed by atoms with Gasteiger partial charge in [-0.2, -0.15) is 0 Å². The van der Waals surface area contributed by atoms with Gasteiger partial charge in [0, 0.05) is 18.1 Å². The van der Waals surface area contributed by atoms with Gasteiger partial charge in [0.25, 0.3) is 0 Å². The molecule has 3 aromatic rings. The molecule has 1 N–H and O–H groups in total. The highest BCUT2D eigenvalue weighted by Crippen LogP contribution is 2.20. The topological polar surface area (TPSA) is 45.8 Å². The Hall–Kier alpha value is -2.27. The summed E-state index contributed by atoms with van der Waals surface area (Å²) in [4.78, 5) is 2.11. The van der Waals surface area contributed by atoms with E-state index in [2.05, 4.69) is 11.8 Å². The summed E-state index contributed by atoms with van der Waals surface area (Å²) in [5.41, 5.74) is 3.40. The van der Waals surface area contributed by atoms with Crippen molar-refractivity contribution in [2.45, 2.75) is 33.0 Å². The lowest BCUT2D eigenvalue weighted by molar-refractivity contribution is 0.0604. The number of aryl methyl sites for hydroxylation is 2. The standard InChI is InChI=1S/C23H26ClNO3/c1-17-9-10-21(12-18(17)2)28-16-20(26)14-25(15-22-7-5-11-27-22)13-19-6-3-4-8-23(19)24/h3-12,20,26H,13-16H2,1-2H3. The highest BCUT2D eigenvalue weighted by atomic mass is 35.5. The molecule has 1 atom stereocenters. The number of ether oxygens (including phenoxy) is 1. The second kappa shape index (κ2) is 9.78. The van der Waals surface area contributed by atoms with Crippen molar-refractivity contribution < 1.29 is 14.3 Å². The van der Waals surface area contributed by atoms with Crippen molar-refractivity contribution in [2.75, 3.05) is 13.2 Å². The molecule has 2 aromatic carbocycles. The Morgan fingerprint density at radius 1 is 1.04 bits per heavy atom. The van der Waals surface area contributed by atoms with Crippen LogP contribution in [0.4, 0.5) is 0 Å². The molecule has 0 aliphatic carbocycles. The zero-order valence-corrected chi connectivity index (χ0v) is 17.0. The Labute approximate surface area is 171 Å². The number of hydrogen-bond acceptors (Lipinski definition) is 4. The fourth-order valence-electron chi connectivity index (χ4n) is 3.02. The Morgan fingerprint density at radius 3 is 2.57 bits per heavy atom. The molecular formula is C23H26ClNO3. The highest BCUT2D eigenvalue weighted by Gasteiger charge is 2.16. The van der Waals surface area contributed by atoms with Gasteiger partial charge in [0.15, 0.2) is 0 Å². The summed E-state index contributed by atoms with van der Waals surface area (Å²) in [5.74, 6) is 1.61. The summed E-state index contributed by atoms with van der Waals surface area (Å²) in [6.07, 6.45) is 1.02. The lowest BCUT2D eigenvalue weighted by atomic mass is 10.1. The number of rotatable bonds is 9. The fraction of sp³-hybridized carbons (Fsp3) is 0.304.